The third-order valence-corrected chi connectivity index (χ3v) is 3.86. The Hall–Kier alpha value is -2.27. The molecule has 0 atom stereocenters. The van der Waals surface area contributed by atoms with E-state index in [0.29, 0.717) is 5.75 Å². The number of thioether (sulfide) groups is 1. The zero-order chi connectivity index (χ0) is 15.9. The van der Waals surface area contributed by atoms with Crippen molar-refractivity contribution >= 4 is 35.0 Å². The highest BCUT2D eigenvalue weighted by Gasteiger charge is 2.04. The van der Waals surface area contributed by atoms with Gasteiger partial charge in [-0.2, -0.15) is 0 Å². The first-order valence-corrected chi connectivity index (χ1v) is 7.88. The quantitative estimate of drug-likeness (QED) is 0.828. The predicted molar refractivity (Wildman–Crippen MR) is 91.3 cm³/mol. The van der Waals surface area contributed by atoms with Gasteiger partial charge in [0.15, 0.2) is 0 Å². The molecule has 2 rings (SSSR count). The topological polar surface area (TPSA) is 58.2 Å². The van der Waals surface area contributed by atoms with Crippen LogP contribution in [0, 0.1) is 6.92 Å². The minimum atomic E-state index is -0.0991. The lowest BCUT2D eigenvalue weighted by atomic mass is 10.2. The average Bonchev–Trinajstić information content (AvgIpc) is 2.46. The van der Waals surface area contributed by atoms with Crippen molar-refractivity contribution in [2.24, 2.45) is 0 Å². The predicted octanol–water partition coefficient (Wildman–Crippen LogP) is 3.68. The Labute approximate surface area is 134 Å². The van der Waals surface area contributed by atoms with Crippen LogP contribution < -0.4 is 10.6 Å². The summed E-state index contributed by atoms with van der Waals surface area (Å²) in [5.74, 6) is 0.201. The van der Waals surface area contributed by atoms with Gasteiger partial charge >= 0.3 is 0 Å². The molecule has 2 N–H and O–H groups in total. The second-order valence-corrected chi connectivity index (χ2v) is 5.96. The van der Waals surface area contributed by atoms with E-state index in [1.54, 1.807) is 0 Å². The van der Waals surface area contributed by atoms with Gasteiger partial charge in [0.1, 0.15) is 0 Å². The van der Waals surface area contributed by atoms with Crippen molar-refractivity contribution < 1.29 is 9.59 Å². The summed E-state index contributed by atoms with van der Waals surface area (Å²) in [4.78, 5) is 23.8. The number of hydrogen-bond donors (Lipinski definition) is 2. The van der Waals surface area contributed by atoms with E-state index in [2.05, 4.69) is 10.6 Å². The van der Waals surface area contributed by atoms with E-state index in [1.165, 1.54) is 18.7 Å². The monoisotopic (exact) mass is 314 g/mol. The van der Waals surface area contributed by atoms with Gasteiger partial charge in [-0.1, -0.05) is 12.1 Å². The molecule has 0 spiro atoms. The maximum atomic E-state index is 11.9. The van der Waals surface area contributed by atoms with Gasteiger partial charge in [0.05, 0.1) is 5.75 Å². The first-order valence-electron chi connectivity index (χ1n) is 6.90. The van der Waals surface area contributed by atoms with Crippen LogP contribution in [-0.4, -0.2) is 17.6 Å². The van der Waals surface area contributed by atoms with Crippen LogP contribution in [0.1, 0.15) is 12.5 Å². The molecule has 0 unspecified atom stereocenters. The van der Waals surface area contributed by atoms with Crippen molar-refractivity contribution in [3.05, 3.63) is 54.1 Å². The molecule has 2 aromatic rings. The van der Waals surface area contributed by atoms with Crippen molar-refractivity contribution in [3.8, 4) is 0 Å². The fourth-order valence-electron chi connectivity index (χ4n) is 1.91. The summed E-state index contributed by atoms with van der Waals surface area (Å²) >= 11 is 1.45. The molecule has 0 bridgehead atoms. The van der Waals surface area contributed by atoms with Crippen LogP contribution in [-0.2, 0) is 9.59 Å². The molecule has 2 aromatic carbocycles. The maximum absolute atomic E-state index is 11.9. The Morgan fingerprint density at radius 3 is 2.36 bits per heavy atom. The maximum Gasteiger partial charge on any atom is 0.234 e. The number of amides is 2. The molecule has 0 saturated heterocycles. The van der Waals surface area contributed by atoms with Crippen LogP contribution >= 0.6 is 11.8 Å². The number of carbonyl (C=O) groups excluding carboxylic acids is 2. The van der Waals surface area contributed by atoms with E-state index in [0.717, 1.165) is 21.8 Å². The second kappa shape index (κ2) is 7.66. The molecule has 0 aliphatic rings. The minimum Gasteiger partial charge on any atom is -0.326 e. The first kappa shape index (κ1) is 16.1. The largest absolute Gasteiger partial charge is 0.326 e. The molecule has 2 amide bonds. The molecule has 0 aromatic heterocycles. The Morgan fingerprint density at radius 1 is 1.00 bits per heavy atom. The summed E-state index contributed by atoms with van der Waals surface area (Å²) in [6.07, 6.45) is 0. The summed E-state index contributed by atoms with van der Waals surface area (Å²) in [6.45, 7) is 3.46. The Morgan fingerprint density at radius 2 is 1.73 bits per heavy atom. The highest BCUT2D eigenvalue weighted by molar-refractivity contribution is 8.00. The van der Waals surface area contributed by atoms with E-state index >= 15 is 0 Å². The zero-order valence-corrected chi connectivity index (χ0v) is 13.4. The molecule has 0 saturated carbocycles. The van der Waals surface area contributed by atoms with Crippen LogP contribution in [0.15, 0.2) is 53.4 Å². The van der Waals surface area contributed by atoms with Crippen LogP contribution in [0.2, 0.25) is 0 Å². The molecule has 5 heteroatoms. The van der Waals surface area contributed by atoms with Gasteiger partial charge < -0.3 is 10.6 Å². The van der Waals surface area contributed by atoms with Gasteiger partial charge in [-0.05, 0) is 48.9 Å². The summed E-state index contributed by atoms with van der Waals surface area (Å²) in [6, 6.07) is 15.1. The number of anilines is 2. The number of rotatable bonds is 5. The number of nitrogens with one attached hydrogen (secondary N) is 2. The SMILES string of the molecule is CC(=O)Nc1ccc(SCC(=O)Nc2cccc(C)c2)cc1. The third kappa shape index (κ3) is 5.26. The molecule has 0 aliphatic carbocycles. The smallest absolute Gasteiger partial charge is 0.234 e. The zero-order valence-electron chi connectivity index (χ0n) is 12.6. The molecule has 0 heterocycles. The molecule has 22 heavy (non-hydrogen) atoms. The molecular weight excluding hydrogens is 296 g/mol. The molecule has 114 valence electrons. The van der Waals surface area contributed by atoms with Gasteiger partial charge in [0.2, 0.25) is 11.8 Å². The number of benzene rings is 2. The van der Waals surface area contributed by atoms with E-state index < -0.39 is 0 Å². The lowest BCUT2D eigenvalue weighted by Crippen LogP contribution is -2.13. The standard InChI is InChI=1S/C17H18N2O2S/c1-12-4-3-5-15(10-12)19-17(21)11-22-16-8-6-14(7-9-16)18-13(2)20/h3-10H,11H2,1-2H3,(H,18,20)(H,19,21). The average molecular weight is 314 g/mol. The van der Waals surface area contributed by atoms with Gasteiger partial charge in [-0.3, -0.25) is 9.59 Å². The summed E-state index contributed by atoms with van der Waals surface area (Å²) in [7, 11) is 0. The highest BCUT2D eigenvalue weighted by Crippen LogP contribution is 2.20. The van der Waals surface area contributed by atoms with Crippen LogP contribution in [0.3, 0.4) is 0 Å². The minimum absolute atomic E-state index is 0.0402. The van der Waals surface area contributed by atoms with Crippen molar-refractivity contribution in [3.63, 3.8) is 0 Å². The Balaban J connectivity index is 1.84. The van der Waals surface area contributed by atoms with Crippen LogP contribution in [0.5, 0.6) is 0 Å². The van der Waals surface area contributed by atoms with E-state index in [4.69, 9.17) is 0 Å². The first-order chi connectivity index (χ1) is 10.5. The van der Waals surface area contributed by atoms with E-state index in [9.17, 15) is 9.59 Å². The van der Waals surface area contributed by atoms with Crippen LogP contribution in [0.4, 0.5) is 11.4 Å². The van der Waals surface area contributed by atoms with Gasteiger partial charge in [0, 0.05) is 23.2 Å². The Bertz CT molecular complexity index is 669. The van der Waals surface area contributed by atoms with Gasteiger partial charge in [-0.25, -0.2) is 0 Å². The highest BCUT2D eigenvalue weighted by atomic mass is 32.2. The molecule has 0 fully saturated rings. The van der Waals surface area contributed by atoms with Gasteiger partial charge in [0.25, 0.3) is 0 Å². The molecule has 4 nitrogen and oxygen atoms in total. The van der Waals surface area contributed by atoms with Crippen molar-refractivity contribution in [1.29, 1.82) is 0 Å². The number of carbonyl (C=O) groups is 2. The normalized spacial score (nSPS) is 10.1. The number of hydrogen-bond acceptors (Lipinski definition) is 3. The van der Waals surface area contributed by atoms with Crippen molar-refractivity contribution in [2.75, 3.05) is 16.4 Å². The summed E-state index contributed by atoms with van der Waals surface area (Å²) < 4.78 is 0. The fourth-order valence-corrected chi connectivity index (χ4v) is 2.60. The second-order valence-electron chi connectivity index (χ2n) is 4.91. The number of aryl methyl sites for hydroxylation is 1. The van der Waals surface area contributed by atoms with Gasteiger partial charge in [-0.15, -0.1) is 11.8 Å². The Kier molecular flexibility index (Phi) is 5.61. The summed E-state index contributed by atoms with van der Waals surface area (Å²) in [5, 5.41) is 5.58. The molecular formula is C17H18N2O2S. The van der Waals surface area contributed by atoms with E-state index in [-0.39, 0.29) is 11.8 Å². The molecule has 0 aliphatic heterocycles. The van der Waals surface area contributed by atoms with Crippen LogP contribution in [0.25, 0.3) is 0 Å². The molecule has 0 radical (unpaired) electrons. The summed E-state index contributed by atoms with van der Waals surface area (Å²) in [5.41, 5.74) is 2.67. The van der Waals surface area contributed by atoms with Crippen molar-refractivity contribution in [2.45, 2.75) is 18.7 Å². The lowest BCUT2D eigenvalue weighted by molar-refractivity contribution is -0.114. The lowest BCUT2D eigenvalue weighted by Gasteiger charge is -2.07. The third-order valence-electron chi connectivity index (χ3n) is 2.85. The van der Waals surface area contributed by atoms with Crippen molar-refractivity contribution in [1.82, 2.24) is 0 Å². The fraction of sp³-hybridized carbons (Fsp3) is 0.176. The van der Waals surface area contributed by atoms with E-state index in [1.807, 2.05) is 55.5 Å².